The highest BCUT2D eigenvalue weighted by Crippen LogP contribution is 2.36. The molecule has 1 aliphatic rings. The Morgan fingerprint density at radius 1 is 1.17 bits per heavy atom. The number of rotatable bonds is 3. The van der Waals surface area contributed by atoms with Crippen LogP contribution in [0.15, 0.2) is 36.4 Å². The summed E-state index contributed by atoms with van der Waals surface area (Å²) >= 11 is 0. The number of primary amides is 1. The van der Waals surface area contributed by atoms with Gasteiger partial charge in [-0.2, -0.15) is 0 Å². The minimum absolute atomic E-state index is 0.152. The lowest BCUT2D eigenvalue weighted by Gasteiger charge is -2.13. The van der Waals surface area contributed by atoms with Crippen LogP contribution in [0.25, 0.3) is 0 Å². The molecule has 0 saturated heterocycles. The molecule has 0 spiro atoms. The second kappa shape index (κ2) is 6.27. The van der Waals surface area contributed by atoms with Crippen LogP contribution in [-0.2, 0) is 11.2 Å². The van der Waals surface area contributed by atoms with Crippen molar-refractivity contribution in [1.29, 1.82) is 0 Å². The highest BCUT2D eigenvalue weighted by molar-refractivity contribution is 6.05. The van der Waals surface area contributed by atoms with Crippen molar-refractivity contribution in [2.45, 2.75) is 18.9 Å². The number of fused-ring (bicyclic) bond motifs is 1. The van der Waals surface area contributed by atoms with Crippen LogP contribution in [0, 0.1) is 11.6 Å². The SMILES string of the molecule is NC(=O)O[C@H]1CCc2c(C(=O)Nc3ccc(F)c(F)c3)cccc21. The molecule has 0 fully saturated rings. The standard InChI is InChI=1S/C17H14F2N2O3/c18-13-6-4-9(8-14(13)19)21-16(22)12-3-1-2-11-10(12)5-7-15(11)24-17(20)23/h1-4,6,8,15H,5,7H2,(H2,20,23)(H,21,22)/t15-/m0/s1. The fourth-order valence-electron chi connectivity index (χ4n) is 2.86. The van der Waals surface area contributed by atoms with Gasteiger partial charge in [0.25, 0.3) is 5.91 Å². The van der Waals surface area contributed by atoms with Crippen molar-refractivity contribution in [3.63, 3.8) is 0 Å². The monoisotopic (exact) mass is 332 g/mol. The number of ether oxygens (including phenoxy) is 1. The topological polar surface area (TPSA) is 81.4 Å². The van der Waals surface area contributed by atoms with E-state index in [9.17, 15) is 18.4 Å². The van der Waals surface area contributed by atoms with E-state index in [2.05, 4.69) is 5.32 Å². The third-order valence-electron chi connectivity index (χ3n) is 3.90. The fraction of sp³-hybridized carbons (Fsp3) is 0.176. The lowest BCUT2D eigenvalue weighted by Crippen LogP contribution is -2.16. The number of carbonyl (C=O) groups is 2. The predicted molar refractivity (Wildman–Crippen MR) is 82.5 cm³/mol. The number of hydrogen-bond acceptors (Lipinski definition) is 3. The van der Waals surface area contributed by atoms with Gasteiger partial charge in [0.15, 0.2) is 11.6 Å². The molecule has 5 nitrogen and oxygen atoms in total. The number of amides is 2. The number of halogens is 2. The second-order valence-corrected chi connectivity index (χ2v) is 5.42. The molecule has 0 aliphatic heterocycles. The zero-order chi connectivity index (χ0) is 17.3. The first-order valence-electron chi connectivity index (χ1n) is 7.30. The Bertz CT molecular complexity index is 823. The highest BCUT2D eigenvalue weighted by Gasteiger charge is 2.28. The van der Waals surface area contributed by atoms with E-state index < -0.39 is 29.7 Å². The molecule has 0 heterocycles. The van der Waals surface area contributed by atoms with Gasteiger partial charge in [-0.15, -0.1) is 0 Å². The Kier molecular flexibility index (Phi) is 4.16. The van der Waals surface area contributed by atoms with Gasteiger partial charge in [-0.3, -0.25) is 4.79 Å². The molecule has 2 aromatic rings. The van der Waals surface area contributed by atoms with Gasteiger partial charge < -0.3 is 15.8 Å². The highest BCUT2D eigenvalue weighted by atomic mass is 19.2. The van der Waals surface area contributed by atoms with Gasteiger partial charge in [-0.25, -0.2) is 13.6 Å². The summed E-state index contributed by atoms with van der Waals surface area (Å²) in [7, 11) is 0. The number of nitrogens with two attached hydrogens (primary N) is 1. The second-order valence-electron chi connectivity index (χ2n) is 5.42. The van der Waals surface area contributed by atoms with Crippen LogP contribution in [0.3, 0.4) is 0 Å². The van der Waals surface area contributed by atoms with Gasteiger partial charge in [0.05, 0.1) is 0 Å². The predicted octanol–water partition coefficient (Wildman–Crippen LogP) is 3.30. The summed E-state index contributed by atoms with van der Waals surface area (Å²) in [5.74, 6) is -2.47. The van der Waals surface area contributed by atoms with Crippen LogP contribution in [0.1, 0.15) is 34.0 Å². The molecule has 1 aliphatic carbocycles. The van der Waals surface area contributed by atoms with Crippen LogP contribution < -0.4 is 11.1 Å². The molecule has 1 atom stereocenters. The van der Waals surface area contributed by atoms with Crippen molar-refractivity contribution < 1.29 is 23.1 Å². The molecule has 3 rings (SSSR count). The molecule has 0 bridgehead atoms. The molecule has 3 N–H and O–H groups in total. The Balaban J connectivity index is 1.85. The van der Waals surface area contributed by atoms with E-state index in [4.69, 9.17) is 10.5 Å². The van der Waals surface area contributed by atoms with Crippen molar-refractivity contribution in [2.75, 3.05) is 5.32 Å². The van der Waals surface area contributed by atoms with Gasteiger partial charge in [0.2, 0.25) is 0 Å². The molecule has 0 saturated carbocycles. The first kappa shape index (κ1) is 15.9. The molecule has 24 heavy (non-hydrogen) atoms. The van der Waals surface area contributed by atoms with E-state index in [1.165, 1.54) is 6.07 Å². The molecule has 7 heteroatoms. The van der Waals surface area contributed by atoms with E-state index in [1.54, 1.807) is 18.2 Å². The molecular formula is C17H14F2N2O3. The van der Waals surface area contributed by atoms with Gasteiger partial charge in [0, 0.05) is 17.3 Å². The van der Waals surface area contributed by atoms with E-state index in [-0.39, 0.29) is 5.69 Å². The van der Waals surface area contributed by atoms with Crippen LogP contribution in [0.4, 0.5) is 19.3 Å². The first-order chi connectivity index (χ1) is 11.5. The fourth-order valence-corrected chi connectivity index (χ4v) is 2.86. The molecule has 124 valence electrons. The zero-order valence-electron chi connectivity index (χ0n) is 12.5. The van der Waals surface area contributed by atoms with Crippen molar-refractivity contribution in [3.05, 3.63) is 64.7 Å². The van der Waals surface area contributed by atoms with Crippen molar-refractivity contribution in [1.82, 2.24) is 0 Å². The summed E-state index contributed by atoms with van der Waals surface area (Å²) in [6, 6.07) is 8.19. The smallest absolute Gasteiger partial charge is 0.405 e. The van der Waals surface area contributed by atoms with Gasteiger partial charge in [0.1, 0.15) is 6.10 Å². The normalized spacial score (nSPS) is 15.7. The van der Waals surface area contributed by atoms with Gasteiger partial charge in [-0.05, 0) is 42.2 Å². The van der Waals surface area contributed by atoms with E-state index in [0.717, 1.165) is 23.3 Å². The third kappa shape index (κ3) is 3.05. The first-order valence-corrected chi connectivity index (χ1v) is 7.30. The average molecular weight is 332 g/mol. The van der Waals surface area contributed by atoms with Crippen LogP contribution in [0.2, 0.25) is 0 Å². The van der Waals surface area contributed by atoms with E-state index >= 15 is 0 Å². The number of anilines is 1. The Labute approximate surface area is 136 Å². The van der Waals surface area contributed by atoms with Crippen LogP contribution >= 0.6 is 0 Å². The molecule has 0 aromatic heterocycles. The molecule has 2 aromatic carbocycles. The number of benzene rings is 2. The quantitative estimate of drug-likeness (QED) is 0.905. The maximum Gasteiger partial charge on any atom is 0.405 e. The van der Waals surface area contributed by atoms with Crippen molar-refractivity contribution >= 4 is 17.7 Å². The van der Waals surface area contributed by atoms with Crippen LogP contribution in [0.5, 0.6) is 0 Å². The number of hydrogen-bond donors (Lipinski definition) is 2. The van der Waals surface area contributed by atoms with Gasteiger partial charge in [-0.1, -0.05) is 12.1 Å². The maximum atomic E-state index is 13.2. The minimum atomic E-state index is -1.04. The summed E-state index contributed by atoms with van der Waals surface area (Å²) in [4.78, 5) is 23.4. The molecule has 2 amide bonds. The maximum absolute atomic E-state index is 13.2. The Morgan fingerprint density at radius 3 is 2.67 bits per heavy atom. The van der Waals surface area contributed by atoms with E-state index in [1.807, 2.05) is 0 Å². The van der Waals surface area contributed by atoms with Crippen LogP contribution in [-0.4, -0.2) is 12.0 Å². The van der Waals surface area contributed by atoms with Crippen molar-refractivity contribution in [3.8, 4) is 0 Å². The zero-order valence-corrected chi connectivity index (χ0v) is 12.5. The van der Waals surface area contributed by atoms with E-state index in [0.29, 0.717) is 18.4 Å². The Morgan fingerprint density at radius 2 is 1.96 bits per heavy atom. The summed E-state index contributed by atoms with van der Waals surface area (Å²) < 4.78 is 31.2. The molecular weight excluding hydrogens is 318 g/mol. The lowest BCUT2D eigenvalue weighted by molar-refractivity contribution is 0.102. The number of carbonyl (C=O) groups excluding carboxylic acids is 2. The van der Waals surface area contributed by atoms with Gasteiger partial charge >= 0.3 is 6.09 Å². The summed E-state index contributed by atoms with van der Waals surface area (Å²) in [6.45, 7) is 0. The summed E-state index contributed by atoms with van der Waals surface area (Å²) in [6.07, 6.45) is -0.263. The minimum Gasteiger partial charge on any atom is -0.441 e. The summed E-state index contributed by atoms with van der Waals surface area (Å²) in [5.41, 5.74) is 7.08. The number of nitrogens with one attached hydrogen (secondary N) is 1. The largest absolute Gasteiger partial charge is 0.441 e. The lowest BCUT2D eigenvalue weighted by atomic mass is 10.0. The Hall–Kier alpha value is -2.96. The molecule has 0 radical (unpaired) electrons. The summed E-state index contributed by atoms with van der Waals surface area (Å²) in [5, 5.41) is 2.53. The van der Waals surface area contributed by atoms with Crippen molar-refractivity contribution in [2.24, 2.45) is 5.73 Å². The molecule has 0 unspecified atom stereocenters. The average Bonchev–Trinajstić information content (AvgIpc) is 2.93. The third-order valence-corrected chi connectivity index (χ3v) is 3.90.